The minimum atomic E-state index is -0.290. The van der Waals surface area contributed by atoms with Crippen LogP contribution in [-0.2, 0) is 4.79 Å². The third-order valence-electron chi connectivity index (χ3n) is 2.82. The molecule has 0 aromatic heterocycles. The monoisotopic (exact) mass is 346 g/mol. The molecule has 0 atom stereocenters. The van der Waals surface area contributed by atoms with Gasteiger partial charge in [-0.3, -0.25) is 4.79 Å². The van der Waals surface area contributed by atoms with Crippen molar-refractivity contribution in [1.82, 2.24) is 0 Å². The minimum Gasteiger partial charge on any atom is -0.324 e. The number of benzene rings is 2. The molecule has 2 aromatic rings. The van der Waals surface area contributed by atoms with Crippen LogP contribution in [0.4, 0.5) is 10.1 Å². The second kappa shape index (κ2) is 9.23. The number of hydrogen-bond donors (Lipinski definition) is 1. The number of thioether (sulfide) groups is 2. The van der Waals surface area contributed by atoms with Gasteiger partial charge in [-0.15, -0.1) is 23.5 Å². The molecule has 2 rings (SSSR count). The van der Waals surface area contributed by atoms with Gasteiger partial charge in [-0.05, 0) is 36.4 Å². The third-order valence-corrected chi connectivity index (χ3v) is 4.90. The zero-order chi connectivity index (χ0) is 16.5. The highest BCUT2D eigenvalue weighted by molar-refractivity contribution is 8.00. The standard InChI is InChI=1S/C17H15FN2OS2/c18-13-6-8-14(9-7-13)23-12-17(21)20-15-4-1-2-5-16(15)22-11-3-10-19/h1-2,4-9H,3,11-12H2,(H,20,21). The van der Waals surface area contributed by atoms with Crippen molar-refractivity contribution in [2.75, 3.05) is 16.8 Å². The van der Waals surface area contributed by atoms with Crippen molar-refractivity contribution in [3.63, 3.8) is 0 Å². The predicted octanol–water partition coefficient (Wildman–Crippen LogP) is 4.56. The molecule has 0 bridgehead atoms. The molecule has 118 valence electrons. The van der Waals surface area contributed by atoms with Crippen molar-refractivity contribution in [3.05, 3.63) is 54.3 Å². The highest BCUT2D eigenvalue weighted by atomic mass is 32.2. The maximum absolute atomic E-state index is 12.8. The maximum Gasteiger partial charge on any atom is 0.234 e. The van der Waals surface area contributed by atoms with E-state index in [4.69, 9.17) is 5.26 Å². The first-order valence-electron chi connectivity index (χ1n) is 6.96. The molecule has 0 aliphatic carbocycles. The van der Waals surface area contributed by atoms with Gasteiger partial charge in [0.1, 0.15) is 5.82 Å². The first-order valence-corrected chi connectivity index (χ1v) is 8.93. The fourth-order valence-corrected chi connectivity index (χ4v) is 3.33. The lowest BCUT2D eigenvalue weighted by Crippen LogP contribution is -2.14. The van der Waals surface area contributed by atoms with Gasteiger partial charge in [0.05, 0.1) is 17.5 Å². The highest BCUT2D eigenvalue weighted by Crippen LogP contribution is 2.27. The molecule has 0 saturated carbocycles. The number of hydrogen-bond acceptors (Lipinski definition) is 4. The minimum absolute atomic E-state index is 0.118. The van der Waals surface area contributed by atoms with Crippen LogP contribution >= 0.6 is 23.5 Å². The van der Waals surface area contributed by atoms with Gasteiger partial charge in [-0.1, -0.05) is 12.1 Å². The summed E-state index contributed by atoms with van der Waals surface area (Å²) in [6.07, 6.45) is 0.466. The number of nitrogens with one attached hydrogen (secondary N) is 1. The van der Waals surface area contributed by atoms with E-state index in [9.17, 15) is 9.18 Å². The number of para-hydroxylation sites is 1. The molecular weight excluding hydrogens is 331 g/mol. The molecule has 0 spiro atoms. The SMILES string of the molecule is N#CCCSc1ccccc1NC(=O)CSc1ccc(F)cc1. The summed E-state index contributed by atoms with van der Waals surface area (Å²) >= 11 is 2.90. The van der Waals surface area contributed by atoms with E-state index in [1.165, 1.54) is 23.9 Å². The lowest BCUT2D eigenvalue weighted by molar-refractivity contribution is -0.113. The Morgan fingerprint density at radius 2 is 1.87 bits per heavy atom. The summed E-state index contributed by atoms with van der Waals surface area (Å²) in [5.74, 6) is 0.533. The van der Waals surface area contributed by atoms with Crippen molar-refractivity contribution in [3.8, 4) is 6.07 Å². The first-order chi connectivity index (χ1) is 11.2. The van der Waals surface area contributed by atoms with Crippen LogP contribution in [0.15, 0.2) is 58.3 Å². The molecule has 1 N–H and O–H groups in total. The van der Waals surface area contributed by atoms with Gasteiger partial charge in [-0.25, -0.2) is 4.39 Å². The van der Waals surface area contributed by atoms with Gasteiger partial charge in [0.2, 0.25) is 5.91 Å². The molecule has 3 nitrogen and oxygen atoms in total. The number of halogens is 1. The van der Waals surface area contributed by atoms with Crippen molar-refractivity contribution in [1.29, 1.82) is 5.26 Å². The molecule has 0 heterocycles. The number of carbonyl (C=O) groups excluding carboxylic acids is 1. The Morgan fingerprint density at radius 3 is 2.61 bits per heavy atom. The van der Waals surface area contributed by atoms with Crippen LogP contribution in [0.2, 0.25) is 0 Å². The van der Waals surface area contributed by atoms with E-state index in [1.54, 1.807) is 23.9 Å². The quantitative estimate of drug-likeness (QED) is 0.590. The van der Waals surface area contributed by atoms with Gasteiger partial charge in [0.15, 0.2) is 0 Å². The number of nitrogens with zero attached hydrogens (tertiary/aromatic N) is 1. The smallest absolute Gasteiger partial charge is 0.234 e. The summed E-state index contributed by atoms with van der Waals surface area (Å²) in [4.78, 5) is 13.9. The molecule has 0 aliphatic rings. The summed E-state index contributed by atoms with van der Waals surface area (Å²) in [6, 6.07) is 15.7. The topological polar surface area (TPSA) is 52.9 Å². The van der Waals surface area contributed by atoms with Crippen LogP contribution in [0.3, 0.4) is 0 Å². The van der Waals surface area contributed by atoms with E-state index < -0.39 is 0 Å². The number of anilines is 1. The van der Waals surface area contributed by atoms with Gasteiger partial charge >= 0.3 is 0 Å². The lowest BCUT2D eigenvalue weighted by Gasteiger charge is -2.10. The Labute approximate surface area is 143 Å². The van der Waals surface area contributed by atoms with Crippen molar-refractivity contribution >= 4 is 35.1 Å². The van der Waals surface area contributed by atoms with Gasteiger partial charge < -0.3 is 5.32 Å². The fourth-order valence-electron chi connectivity index (χ4n) is 1.77. The largest absolute Gasteiger partial charge is 0.324 e. The van der Waals surface area contributed by atoms with E-state index in [0.29, 0.717) is 12.2 Å². The van der Waals surface area contributed by atoms with E-state index in [0.717, 1.165) is 15.5 Å². The number of carbonyl (C=O) groups is 1. The summed E-state index contributed by atoms with van der Waals surface area (Å²) in [5.41, 5.74) is 0.750. The van der Waals surface area contributed by atoms with Crippen LogP contribution < -0.4 is 5.32 Å². The zero-order valence-electron chi connectivity index (χ0n) is 12.3. The van der Waals surface area contributed by atoms with Crippen molar-refractivity contribution < 1.29 is 9.18 Å². The molecule has 6 heteroatoms. The summed E-state index contributed by atoms with van der Waals surface area (Å²) in [6.45, 7) is 0. The predicted molar refractivity (Wildman–Crippen MR) is 93.1 cm³/mol. The third kappa shape index (κ3) is 5.97. The Kier molecular flexibility index (Phi) is 6.98. The lowest BCUT2D eigenvalue weighted by atomic mass is 10.3. The number of rotatable bonds is 7. The van der Waals surface area contributed by atoms with Gasteiger partial charge in [0, 0.05) is 22.0 Å². The Hall–Kier alpha value is -1.97. The van der Waals surface area contributed by atoms with E-state index in [2.05, 4.69) is 11.4 Å². The number of amides is 1. The van der Waals surface area contributed by atoms with E-state index in [-0.39, 0.29) is 17.5 Å². The Bertz CT molecular complexity index is 698. The van der Waals surface area contributed by atoms with Crippen molar-refractivity contribution in [2.45, 2.75) is 16.2 Å². The molecular formula is C17H15FN2OS2. The van der Waals surface area contributed by atoms with Crippen LogP contribution in [0, 0.1) is 17.1 Å². The molecule has 0 fully saturated rings. The van der Waals surface area contributed by atoms with E-state index in [1.807, 2.05) is 24.3 Å². The maximum atomic E-state index is 12.8. The first kappa shape index (κ1) is 17.4. The summed E-state index contributed by atoms with van der Waals surface area (Å²) < 4.78 is 12.8. The fraction of sp³-hybridized carbons (Fsp3) is 0.176. The average molecular weight is 346 g/mol. The molecule has 0 radical (unpaired) electrons. The summed E-state index contributed by atoms with van der Waals surface area (Å²) in [7, 11) is 0. The van der Waals surface area contributed by atoms with E-state index >= 15 is 0 Å². The van der Waals surface area contributed by atoms with Crippen LogP contribution in [0.25, 0.3) is 0 Å². The Balaban J connectivity index is 1.89. The molecule has 2 aromatic carbocycles. The second-order valence-corrected chi connectivity index (χ2v) is 6.73. The van der Waals surface area contributed by atoms with Crippen LogP contribution in [0.5, 0.6) is 0 Å². The normalized spacial score (nSPS) is 10.1. The molecule has 1 amide bonds. The van der Waals surface area contributed by atoms with Gasteiger partial charge in [-0.2, -0.15) is 5.26 Å². The number of nitriles is 1. The van der Waals surface area contributed by atoms with Crippen molar-refractivity contribution in [2.24, 2.45) is 0 Å². The Morgan fingerprint density at radius 1 is 1.13 bits per heavy atom. The molecule has 23 heavy (non-hydrogen) atoms. The van der Waals surface area contributed by atoms with Crippen LogP contribution in [-0.4, -0.2) is 17.4 Å². The molecule has 0 saturated heterocycles. The zero-order valence-corrected chi connectivity index (χ0v) is 13.9. The summed E-state index contributed by atoms with van der Waals surface area (Å²) in [5, 5.41) is 11.5. The van der Waals surface area contributed by atoms with Gasteiger partial charge in [0.25, 0.3) is 0 Å². The average Bonchev–Trinajstić information content (AvgIpc) is 2.56. The highest BCUT2D eigenvalue weighted by Gasteiger charge is 2.08. The molecule has 0 unspecified atom stereocenters. The molecule has 0 aliphatic heterocycles. The van der Waals surface area contributed by atoms with Crippen LogP contribution in [0.1, 0.15) is 6.42 Å². The second-order valence-electron chi connectivity index (χ2n) is 4.54.